The van der Waals surface area contributed by atoms with Gasteiger partial charge in [0.05, 0.1) is 26.2 Å². The van der Waals surface area contributed by atoms with Crippen LogP contribution in [0.25, 0.3) is 10.9 Å². The highest BCUT2D eigenvalue weighted by Crippen LogP contribution is 2.50. The Morgan fingerprint density at radius 2 is 1.94 bits per heavy atom. The van der Waals surface area contributed by atoms with Crippen LogP contribution >= 0.6 is 0 Å². The van der Waals surface area contributed by atoms with Gasteiger partial charge in [0.25, 0.3) is 0 Å². The molecule has 1 aliphatic carbocycles. The number of aromatic nitrogens is 1. The first kappa shape index (κ1) is 24.8. The predicted octanol–water partition coefficient (Wildman–Crippen LogP) is 2.81. The van der Waals surface area contributed by atoms with E-state index in [0.717, 1.165) is 37.2 Å². The van der Waals surface area contributed by atoms with Crippen molar-refractivity contribution in [1.29, 1.82) is 0 Å². The number of esters is 2. The molecule has 0 bridgehead atoms. The first-order valence-corrected chi connectivity index (χ1v) is 12.6. The molecular weight excluding hydrogens is 464 g/mol. The Labute approximate surface area is 210 Å². The maximum Gasteiger partial charge on any atom is 0.313 e. The fourth-order valence-corrected chi connectivity index (χ4v) is 6.77. The van der Waals surface area contributed by atoms with Crippen molar-refractivity contribution in [3.05, 3.63) is 29.5 Å². The molecule has 1 saturated heterocycles. The number of rotatable bonds is 6. The Kier molecular flexibility index (Phi) is 6.78. The van der Waals surface area contributed by atoms with Crippen LogP contribution in [0.2, 0.25) is 0 Å². The summed E-state index contributed by atoms with van der Waals surface area (Å²) < 4.78 is 22.1. The number of hydrogen-bond acceptors (Lipinski definition) is 8. The minimum absolute atomic E-state index is 0.0123. The van der Waals surface area contributed by atoms with Gasteiger partial charge in [-0.3, -0.25) is 19.3 Å². The van der Waals surface area contributed by atoms with Crippen LogP contribution in [0, 0.1) is 17.8 Å². The highest BCUT2D eigenvalue weighted by atomic mass is 16.6. The second-order valence-corrected chi connectivity index (χ2v) is 10.2. The van der Waals surface area contributed by atoms with E-state index in [1.807, 2.05) is 12.1 Å². The smallest absolute Gasteiger partial charge is 0.313 e. The van der Waals surface area contributed by atoms with Crippen LogP contribution in [0.15, 0.2) is 18.2 Å². The lowest BCUT2D eigenvalue weighted by Crippen LogP contribution is -2.58. The van der Waals surface area contributed by atoms with Crippen molar-refractivity contribution in [2.75, 3.05) is 34.4 Å². The number of methoxy groups -OCH3 is 3. The van der Waals surface area contributed by atoms with Crippen molar-refractivity contribution in [3.63, 3.8) is 0 Å². The topological polar surface area (TPSA) is 107 Å². The third-order valence-electron chi connectivity index (χ3n) is 8.28. The summed E-state index contributed by atoms with van der Waals surface area (Å²) in [6, 6.07) is 6.28. The van der Waals surface area contributed by atoms with Crippen molar-refractivity contribution >= 4 is 28.6 Å². The number of piperidine rings is 1. The van der Waals surface area contributed by atoms with Gasteiger partial charge in [0.15, 0.2) is 0 Å². The molecule has 3 heterocycles. The van der Waals surface area contributed by atoms with Crippen LogP contribution in [-0.2, 0) is 35.0 Å². The summed E-state index contributed by atoms with van der Waals surface area (Å²) >= 11 is 0. The van der Waals surface area contributed by atoms with Crippen molar-refractivity contribution < 1.29 is 33.3 Å². The Hall–Kier alpha value is -2.91. The van der Waals surface area contributed by atoms with Gasteiger partial charge in [-0.05, 0) is 55.7 Å². The molecule has 2 aromatic rings. The molecule has 3 aliphatic rings. The summed E-state index contributed by atoms with van der Waals surface area (Å²) in [6.45, 7) is 3.07. The van der Waals surface area contributed by atoms with Crippen LogP contribution in [-0.4, -0.2) is 74.2 Å². The van der Waals surface area contributed by atoms with E-state index in [4.69, 9.17) is 18.9 Å². The number of hydrogen-bond donors (Lipinski definition) is 1. The van der Waals surface area contributed by atoms with E-state index >= 15 is 0 Å². The van der Waals surface area contributed by atoms with E-state index in [2.05, 4.69) is 16.0 Å². The average Bonchev–Trinajstić information content (AvgIpc) is 3.24. The van der Waals surface area contributed by atoms with Gasteiger partial charge >= 0.3 is 11.9 Å². The fourth-order valence-electron chi connectivity index (χ4n) is 6.77. The van der Waals surface area contributed by atoms with E-state index in [9.17, 15) is 14.4 Å². The molecule has 9 heteroatoms. The zero-order valence-corrected chi connectivity index (χ0v) is 21.2. The minimum Gasteiger partial charge on any atom is -0.497 e. The summed E-state index contributed by atoms with van der Waals surface area (Å²) in [7, 11) is 4.58. The molecular formula is C27H34N2O7. The lowest BCUT2D eigenvalue weighted by Gasteiger charge is -2.52. The molecule has 1 aromatic heterocycles. The Balaban J connectivity index is 1.46. The van der Waals surface area contributed by atoms with E-state index in [1.54, 1.807) is 7.11 Å². The quantitative estimate of drug-likeness (QED) is 0.479. The highest BCUT2D eigenvalue weighted by Gasteiger charge is 2.54. The number of carbonyl (C=O) groups is 3. The second kappa shape index (κ2) is 9.86. The first-order valence-electron chi connectivity index (χ1n) is 12.6. The Bertz CT molecular complexity index is 1170. The molecule has 194 valence electrons. The first-order chi connectivity index (χ1) is 17.3. The molecule has 9 nitrogen and oxygen atoms in total. The number of nitrogens with zero attached hydrogens (tertiary/aromatic N) is 1. The van der Waals surface area contributed by atoms with Crippen LogP contribution in [0.5, 0.6) is 5.75 Å². The van der Waals surface area contributed by atoms with Crippen LogP contribution in [0.4, 0.5) is 0 Å². The van der Waals surface area contributed by atoms with Crippen LogP contribution < -0.4 is 4.74 Å². The normalized spacial score (nSPS) is 29.6. The lowest BCUT2D eigenvalue weighted by molar-refractivity contribution is -0.189. The molecule has 1 N–H and O–H groups in total. The van der Waals surface area contributed by atoms with Crippen molar-refractivity contribution in [1.82, 2.24) is 9.88 Å². The zero-order chi connectivity index (χ0) is 25.6. The fraction of sp³-hybridized carbons (Fsp3) is 0.593. The van der Waals surface area contributed by atoms with Gasteiger partial charge in [-0.25, -0.2) is 0 Å². The number of ether oxygens (including phenoxy) is 4. The molecule has 2 aliphatic heterocycles. The summed E-state index contributed by atoms with van der Waals surface area (Å²) in [5, 5.41) is 1.22. The molecule has 2 fully saturated rings. The number of Topliss-reactive ketones (excluding diaryl/α,β-unsaturated/α-hetero) is 1. The Morgan fingerprint density at radius 3 is 2.64 bits per heavy atom. The largest absolute Gasteiger partial charge is 0.497 e. The molecule has 6 atom stereocenters. The molecule has 1 saturated carbocycles. The number of aromatic amines is 1. The van der Waals surface area contributed by atoms with Gasteiger partial charge in [-0.2, -0.15) is 0 Å². The number of H-pyrrole nitrogens is 1. The van der Waals surface area contributed by atoms with Gasteiger partial charge < -0.3 is 23.9 Å². The van der Waals surface area contributed by atoms with Crippen LogP contribution in [0.3, 0.4) is 0 Å². The summed E-state index contributed by atoms with van der Waals surface area (Å²) in [5.41, 5.74) is 3.59. The van der Waals surface area contributed by atoms with E-state index in [-0.39, 0.29) is 36.1 Å². The van der Waals surface area contributed by atoms with Gasteiger partial charge in [0.2, 0.25) is 0 Å². The second-order valence-electron chi connectivity index (χ2n) is 10.2. The molecule has 36 heavy (non-hydrogen) atoms. The van der Waals surface area contributed by atoms with Crippen LogP contribution in [0.1, 0.15) is 43.5 Å². The molecule has 0 unspecified atom stereocenters. The van der Waals surface area contributed by atoms with Gasteiger partial charge in [0.1, 0.15) is 30.2 Å². The van der Waals surface area contributed by atoms with Gasteiger partial charge in [-0.15, -0.1) is 0 Å². The minimum atomic E-state index is -0.629. The number of carbonyl (C=O) groups excluding carboxylic acids is 3. The maximum atomic E-state index is 13.1. The zero-order valence-electron chi connectivity index (χ0n) is 21.2. The van der Waals surface area contributed by atoms with Crippen molar-refractivity contribution in [2.24, 2.45) is 17.8 Å². The molecule has 0 spiro atoms. The third kappa shape index (κ3) is 4.28. The molecule has 5 rings (SSSR count). The number of fused-ring (bicyclic) bond motifs is 6. The maximum absolute atomic E-state index is 13.1. The molecule has 0 radical (unpaired) electrons. The van der Waals surface area contributed by atoms with E-state index < -0.39 is 24.1 Å². The Morgan fingerprint density at radius 1 is 1.14 bits per heavy atom. The summed E-state index contributed by atoms with van der Waals surface area (Å²) in [5.74, 6) is -0.792. The molecule has 1 aromatic carbocycles. The number of benzene rings is 1. The highest BCUT2D eigenvalue weighted by molar-refractivity contribution is 5.94. The predicted molar refractivity (Wildman–Crippen MR) is 131 cm³/mol. The lowest BCUT2D eigenvalue weighted by atomic mass is 9.63. The van der Waals surface area contributed by atoms with Gasteiger partial charge in [0, 0.05) is 42.9 Å². The number of ketones is 1. The SMILES string of the molecule is COC(=O)[C@H]1[C@H]2C[C@H]3c4[nH]c5cc(OC)ccc5c4CCN3C[C@H]2C[C@H](OC(=O)CC(C)=O)[C@H]1OC. The van der Waals surface area contributed by atoms with Crippen molar-refractivity contribution in [3.8, 4) is 5.75 Å². The number of nitrogens with one attached hydrogen (secondary N) is 1. The van der Waals surface area contributed by atoms with E-state index in [0.29, 0.717) is 6.42 Å². The van der Waals surface area contributed by atoms with Gasteiger partial charge in [-0.1, -0.05) is 0 Å². The standard InChI is InChI=1S/C27H34N2O7/c1-14(30)9-23(31)36-22-10-15-13-29-8-7-18-17-6-5-16(33-2)11-20(17)28-25(18)21(29)12-19(15)24(26(22)34-3)27(32)35-4/h5-6,11,15,19,21-22,24,26,28H,7-10,12-13H2,1-4H3/t15-,19+,21+,22+,24+,26-/m1/s1. The summed E-state index contributed by atoms with van der Waals surface area (Å²) in [6.07, 6.45) is 0.774. The van der Waals surface area contributed by atoms with E-state index in [1.165, 1.54) is 37.8 Å². The van der Waals surface area contributed by atoms with Crippen molar-refractivity contribution in [2.45, 2.75) is 50.9 Å². The molecule has 0 amide bonds. The third-order valence-corrected chi connectivity index (χ3v) is 8.28. The average molecular weight is 499 g/mol. The summed E-state index contributed by atoms with van der Waals surface area (Å²) in [4.78, 5) is 43.0. The monoisotopic (exact) mass is 498 g/mol.